The molecular weight excluding hydrogens is 332 g/mol. The van der Waals surface area contributed by atoms with Crippen LogP contribution >= 0.6 is 0 Å². The highest BCUT2D eigenvalue weighted by Crippen LogP contribution is 2.35. The molecule has 0 radical (unpaired) electrons. The number of benzene rings is 1. The van der Waals surface area contributed by atoms with Gasteiger partial charge in [0.2, 0.25) is 11.8 Å². The van der Waals surface area contributed by atoms with Gasteiger partial charge in [-0.3, -0.25) is 9.59 Å². The molecule has 2 amide bonds. The number of para-hydroxylation sites is 1. The van der Waals surface area contributed by atoms with Gasteiger partial charge in [0.1, 0.15) is 0 Å². The maximum atomic E-state index is 12.2. The number of rotatable bonds is 6. The molecule has 2 heterocycles. The highest BCUT2D eigenvalue weighted by atomic mass is 16.5. The summed E-state index contributed by atoms with van der Waals surface area (Å²) in [5.41, 5.74) is 1.12. The van der Waals surface area contributed by atoms with Crippen molar-refractivity contribution in [2.45, 2.75) is 38.5 Å². The number of ether oxygens (including phenoxy) is 2. The first-order valence-corrected chi connectivity index (χ1v) is 9.50. The average molecular weight is 360 g/mol. The van der Waals surface area contributed by atoms with E-state index in [0.29, 0.717) is 32.5 Å². The van der Waals surface area contributed by atoms with Crippen molar-refractivity contribution in [3.8, 4) is 11.5 Å². The second-order valence-electron chi connectivity index (χ2n) is 7.08. The van der Waals surface area contributed by atoms with E-state index in [1.165, 1.54) is 0 Å². The lowest BCUT2D eigenvalue weighted by molar-refractivity contribution is -0.131. The van der Waals surface area contributed by atoms with Gasteiger partial charge in [-0.1, -0.05) is 18.6 Å². The molecule has 1 atom stereocenters. The van der Waals surface area contributed by atoms with Crippen molar-refractivity contribution in [3.63, 3.8) is 0 Å². The van der Waals surface area contributed by atoms with E-state index in [0.717, 1.165) is 49.3 Å². The lowest BCUT2D eigenvalue weighted by Gasteiger charge is -2.27. The summed E-state index contributed by atoms with van der Waals surface area (Å²) in [6, 6.07) is 5.89. The second kappa shape index (κ2) is 8.92. The van der Waals surface area contributed by atoms with E-state index in [-0.39, 0.29) is 17.7 Å². The van der Waals surface area contributed by atoms with Gasteiger partial charge in [-0.15, -0.1) is 0 Å². The molecule has 0 unspecified atom stereocenters. The van der Waals surface area contributed by atoms with Crippen LogP contribution in [0, 0.1) is 5.92 Å². The molecule has 0 spiro atoms. The third-order valence-corrected chi connectivity index (χ3v) is 5.12. The Morgan fingerprint density at radius 2 is 2.23 bits per heavy atom. The molecule has 1 aromatic rings. The minimum atomic E-state index is -0.00140. The van der Waals surface area contributed by atoms with Crippen LogP contribution in [0.4, 0.5) is 0 Å². The van der Waals surface area contributed by atoms with Crippen molar-refractivity contribution in [1.82, 2.24) is 10.2 Å². The number of hydrogen-bond donors (Lipinski definition) is 1. The lowest BCUT2D eigenvalue weighted by atomic mass is 9.96. The topological polar surface area (TPSA) is 67.9 Å². The number of amides is 2. The van der Waals surface area contributed by atoms with Gasteiger partial charge in [-0.25, -0.2) is 0 Å². The van der Waals surface area contributed by atoms with Crippen LogP contribution in [0.15, 0.2) is 18.2 Å². The van der Waals surface area contributed by atoms with Crippen molar-refractivity contribution < 1.29 is 19.1 Å². The molecule has 0 bridgehead atoms. The molecule has 6 heteroatoms. The third kappa shape index (κ3) is 4.68. The van der Waals surface area contributed by atoms with Gasteiger partial charge >= 0.3 is 0 Å². The van der Waals surface area contributed by atoms with Crippen molar-refractivity contribution >= 4 is 11.8 Å². The fourth-order valence-electron chi connectivity index (χ4n) is 3.61. The molecule has 1 saturated heterocycles. The summed E-state index contributed by atoms with van der Waals surface area (Å²) in [7, 11) is 1.64. The van der Waals surface area contributed by atoms with E-state index in [4.69, 9.17) is 9.47 Å². The van der Waals surface area contributed by atoms with Gasteiger partial charge in [0, 0.05) is 38.4 Å². The van der Waals surface area contributed by atoms with Crippen LogP contribution in [-0.4, -0.2) is 50.1 Å². The Morgan fingerprint density at radius 3 is 3.08 bits per heavy atom. The van der Waals surface area contributed by atoms with Crippen LogP contribution in [0.3, 0.4) is 0 Å². The monoisotopic (exact) mass is 360 g/mol. The maximum absolute atomic E-state index is 12.2. The van der Waals surface area contributed by atoms with Crippen LogP contribution in [0.25, 0.3) is 0 Å². The Labute approximate surface area is 154 Å². The number of carbonyl (C=O) groups is 2. The summed E-state index contributed by atoms with van der Waals surface area (Å²) in [4.78, 5) is 26.0. The second-order valence-corrected chi connectivity index (χ2v) is 7.08. The average Bonchev–Trinajstić information content (AvgIpc) is 2.88. The number of likely N-dealkylation sites (tertiary alicyclic amines) is 1. The number of methoxy groups -OCH3 is 1. The quantitative estimate of drug-likeness (QED) is 0.844. The number of nitrogens with one attached hydrogen (secondary N) is 1. The van der Waals surface area contributed by atoms with Crippen LogP contribution in [0.2, 0.25) is 0 Å². The van der Waals surface area contributed by atoms with Crippen molar-refractivity contribution in [3.05, 3.63) is 23.8 Å². The third-order valence-electron chi connectivity index (χ3n) is 5.12. The Bertz CT molecular complexity index is 647. The van der Waals surface area contributed by atoms with Crippen LogP contribution in [-0.2, 0) is 16.0 Å². The fourth-order valence-corrected chi connectivity index (χ4v) is 3.61. The van der Waals surface area contributed by atoms with E-state index in [1.807, 2.05) is 23.1 Å². The van der Waals surface area contributed by atoms with Crippen molar-refractivity contribution in [2.75, 3.05) is 33.4 Å². The molecule has 0 aliphatic carbocycles. The van der Waals surface area contributed by atoms with Crippen molar-refractivity contribution in [2.24, 2.45) is 5.92 Å². The molecule has 6 nitrogen and oxygen atoms in total. The Balaban J connectivity index is 1.43. The minimum Gasteiger partial charge on any atom is -0.493 e. The number of carbonyl (C=O) groups excluding carboxylic acids is 2. The molecule has 0 aromatic heterocycles. The van der Waals surface area contributed by atoms with E-state index < -0.39 is 0 Å². The Hall–Kier alpha value is -2.24. The summed E-state index contributed by atoms with van der Waals surface area (Å²) in [5, 5.41) is 2.99. The molecule has 2 aliphatic rings. The summed E-state index contributed by atoms with van der Waals surface area (Å²) in [6.45, 7) is 2.45. The highest BCUT2D eigenvalue weighted by molar-refractivity contribution is 5.79. The molecule has 3 rings (SSSR count). The summed E-state index contributed by atoms with van der Waals surface area (Å²) in [5.74, 6) is 2.00. The molecule has 0 saturated carbocycles. The van der Waals surface area contributed by atoms with Gasteiger partial charge in [-0.2, -0.15) is 0 Å². The zero-order chi connectivity index (χ0) is 18.4. The van der Waals surface area contributed by atoms with Gasteiger partial charge < -0.3 is 19.7 Å². The highest BCUT2D eigenvalue weighted by Gasteiger charge is 2.23. The first-order valence-electron chi connectivity index (χ1n) is 9.50. The summed E-state index contributed by atoms with van der Waals surface area (Å²) < 4.78 is 11.2. The lowest BCUT2D eigenvalue weighted by Crippen LogP contribution is -2.38. The predicted molar refractivity (Wildman–Crippen MR) is 98.4 cm³/mol. The molecule has 26 heavy (non-hydrogen) atoms. The van der Waals surface area contributed by atoms with E-state index in [2.05, 4.69) is 5.32 Å². The SMILES string of the molecule is COc1cccc2c1OC[C@H](CNC(=O)CCN1CCCCCC1=O)C2. The number of hydrogen-bond acceptors (Lipinski definition) is 4. The molecular formula is C20H28N2O4. The van der Waals surface area contributed by atoms with Gasteiger partial charge in [-0.05, 0) is 30.9 Å². The van der Waals surface area contributed by atoms with Crippen LogP contribution < -0.4 is 14.8 Å². The fraction of sp³-hybridized carbons (Fsp3) is 0.600. The van der Waals surface area contributed by atoms with Crippen LogP contribution in [0.5, 0.6) is 11.5 Å². The predicted octanol–water partition coefficient (Wildman–Crippen LogP) is 2.16. The number of fused-ring (bicyclic) bond motifs is 1. The standard InChI is InChI=1S/C20H28N2O4/c1-25-17-7-5-6-16-12-15(14-26-20(16)17)13-21-18(23)9-11-22-10-4-2-3-8-19(22)24/h5-7,15H,2-4,8-14H2,1H3,(H,21,23)/t15-/m0/s1. The molecule has 142 valence electrons. The first-order chi connectivity index (χ1) is 12.7. The van der Waals surface area contributed by atoms with Crippen molar-refractivity contribution in [1.29, 1.82) is 0 Å². The maximum Gasteiger partial charge on any atom is 0.222 e. The normalized spacial score (nSPS) is 20.0. The molecule has 2 aliphatic heterocycles. The largest absolute Gasteiger partial charge is 0.493 e. The summed E-state index contributed by atoms with van der Waals surface area (Å²) >= 11 is 0. The van der Waals surface area contributed by atoms with Crippen LogP contribution in [0.1, 0.15) is 37.7 Å². The van der Waals surface area contributed by atoms with E-state index >= 15 is 0 Å². The zero-order valence-electron chi connectivity index (χ0n) is 15.5. The Kier molecular flexibility index (Phi) is 6.36. The molecule has 1 N–H and O–H groups in total. The van der Waals surface area contributed by atoms with Gasteiger partial charge in [0.25, 0.3) is 0 Å². The smallest absolute Gasteiger partial charge is 0.222 e. The molecule has 1 fully saturated rings. The molecule has 1 aromatic carbocycles. The van der Waals surface area contributed by atoms with E-state index in [1.54, 1.807) is 7.11 Å². The number of nitrogens with zero attached hydrogens (tertiary/aromatic N) is 1. The minimum absolute atomic E-state index is 0.00140. The van der Waals surface area contributed by atoms with Gasteiger partial charge in [0.05, 0.1) is 13.7 Å². The summed E-state index contributed by atoms with van der Waals surface area (Å²) in [6.07, 6.45) is 4.94. The van der Waals surface area contributed by atoms with Gasteiger partial charge in [0.15, 0.2) is 11.5 Å². The first kappa shape index (κ1) is 18.5. The Morgan fingerprint density at radius 1 is 1.35 bits per heavy atom. The zero-order valence-corrected chi connectivity index (χ0v) is 15.5. The van der Waals surface area contributed by atoms with E-state index in [9.17, 15) is 9.59 Å².